The summed E-state index contributed by atoms with van der Waals surface area (Å²) in [6.45, 7) is 6.16. The van der Waals surface area contributed by atoms with Crippen LogP contribution in [0.15, 0.2) is 24.3 Å². The maximum Gasteiger partial charge on any atom is 0.250 e. The van der Waals surface area contributed by atoms with Crippen molar-refractivity contribution in [3.8, 4) is 0 Å². The van der Waals surface area contributed by atoms with Crippen molar-refractivity contribution in [2.45, 2.75) is 65.0 Å². The average molecular weight is 346 g/mol. The highest BCUT2D eigenvalue weighted by Crippen LogP contribution is 2.26. The Hall–Kier alpha value is -1.88. The van der Waals surface area contributed by atoms with Crippen molar-refractivity contribution in [2.24, 2.45) is 5.92 Å². The minimum absolute atomic E-state index is 0.00165. The third kappa shape index (κ3) is 6.86. The largest absolute Gasteiger partial charge is 0.368 e. The van der Waals surface area contributed by atoms with Crippen LogP contribution in [0.4, 0.5) is 5.69 Å². The fraction of sp³-hybridized carbons (Fsp3) is 0.600. The molecule has 0 radical (unpaired) electrons. The second-order valence-corrected chi connectivity index (χ2v) is 7.26. The number of amides is 2. The van der Waals surface area contributed by atoms with Gasteiger partial charge in [0.2, 0.25) is 11.8 Å². The maximum atomic E-state index is 12.0. The van der Waals surface area contributed by atoms with Gasteiger partial charge >= 0.3 is 0 Å². The molecule has 1 aliphatic rings. The molecular formula is C20H30N2O3. The average Bonchev–Trinajstić information content (AvgIpc) is 2.55. The molecule has 25 heavy (non-hydrogen) atoms. The summed E-state index contributed by atoms with van der Waals surface area (Å²) in [5, 5.41) is 5.71. The van der Waals surface area contributed by atoms with Crippen LogP contribution in [0, 0.1) is 5.92 Å². The molecule has 2 rings (SSSR count). The Kier molecular flexibility index (Phi) is 7.44. The summed E-state index contributed by atoms with van der Waals surface area (Å²) in [5.74, 6) is 0.391. The van der Waals surface area contributed by atoms with Crippen LogP contribution in [0.25, 0.3) is 0 Å². The van der Waals surface area contributed by atoms with E-state index in [1.54, 1.807) is 0 Å². The van der Waals surface area contributed by atoms with Gasteiger partial charge in [0, 0.05) is 11.7 Å². The van der Waals surface area contributed by atoms with Crippen LogP contribution in [0.2, 0.25) is 0 Å². The van der Waals surface area contributed by atoms with Gasteiger partial charge in [-0.3, -0.25) is 9.59 Å². The van der Waals surface area contributed by atoms with E-state index in [1.807, 2.05) is 38.1 Å². The predicted octanol–water partition coefficient (Wildman–Crippen LogP) is 3.29. The standard InChI is InChI=1S/C20H30N2O3/c1-14(2)21-19(23)12-16-8-10-17(11-9-16)22-20(24)13-25-18-7-5-4-6-15(18)3/h8-11,14-15,18H,4-7,12-13H2,1-3H3,(H,21,23)(H,22,24)/t15-,18-/m1/s1. The number of carbonyl (C=O) groups is 2. The third-order valence-corrected chi connectivity index (χ3v) is 4.51. The first-order valence-electron chi connectivity index (χ1n) is 9.24. The minimum atomic E-state index is -0.136. The zero-order chi connectivity index (χ0) is 18.2. The van der Waals surface area contributed by atoms with Gasteiger partial charge in [0.15, 0.2) is 0 Å². The zero-order valence-corrected chi connectivity index (χ0v) is 15.5. The Labute approximate surface area is 150 Å². The van der Waals surface area contributed by atoms with Gasteiger partial charge in [0.25, 0.3) is 0 Å². The number of carbonyl (C=O) groups excluding carboxylic acids is 2. The lowest BCUT2D eigenvalue weighted by Gasteiger charge is -2.28. The van der Waals surface area contributed by atoms with Crippen molar-refractivity contribution in [2.75, 3.05) is 11.9 Å². The summed E-state index contributed by atoms with van der Waals surface area (Å²) in [5.41, 5.74) is 1.64. The molecule has 5 heteroatoms. The van der Waals surface area contributed by atoms with Crippen LogP contribution in [0.5, 0.6) is 0 Å². The van der Waals surface area contributed by atoms with Crippen LogP contribution in [0.1, 0.15) is 52.0 Å². The molecule has 0 bridgehead atoms. The predicted molar refractivity (Wildman–Crippen MR) is 99.4 cm³/mol. The first-order valence-corrected chi connectivity index (χ1v) is 9.24. The van der Waals surface area contributed by atoms with E-state index in [1.165, 1.54) is 19.3 Å². The molecule has 1 aliphatic carbocycles. The molecule has 0 spiro atoms. The Morgan fingerprint density at radius 2 is 1.80 bits per heavy atom. The van der Waals surface area contributed by atoms with Gasteiger partial charge in [0.05, 0.1) is 12.5 Å². The van der Waals surface area contributed by atoms with Crippen molar-refractivity contribution in [3.63, 3.8) is 0 Å². The first kappa shape index (κ1) is 19.4. The molecule has 1 aromatic carbocycles. The highest BCUT2D eigenvalue weighted by Gasteiger charge is 2.22. The number of hydrogen-bond donors (Lipinski definition) is 2. The summed E-state index contributed by atoms with van der Waals surface area (Å²) < 4.78 is 5.78. The van der Waals surface area contributed by atoms with Gasteiger partial charge < -0.3 is 15.4 Å². The van der Waals surface area contributed by atoms with Gasteiger partial charge in [-0.05, 0) is 50.3 Å². The van der Waals surface area contributed by atoms with Crippen LogP contribution in [0.3, 0.4) is 0 Å². The van der Waals surface area contributed by atoms with Crippen molar-refractivity contribution in [1.82, 2.24) is 5.32 Å². The summed E-state index contributed by atoms with van der Waals surface area (Å²) in [7, 11) is 0. The van der Waals surface area contributed by atoms with Crippen molar-refractivity contribution >= 4 is 17.5 Å². The summed E-state index contributed by atoms with van der Waals surface area (Å²) >= 11 is 0. The molecule has 0 saturated heterocycles. The van der Waals surface area contributed by atoms with Crippen LogP contribution in [-0.2, 0) is 20.7 Å². The fourth-order valence-corrected chi connectivity index (χ4v) is 3.17. The molecule has 2 amide bonds. The van der Waals surface area contributed by atoms with E-state index in [0.29, 0.717) is 12.3 Å². The summed E-state index contributed by atoms with van der Waals surface area (Å²) in [4.78, 5) is 23.8. The normalized spacial score (nSPS) is 20.3. The monoisotopic (exact) mass is 346 g/mol. The molecule has 1 saturated carbocycles. The highest BCUT2D eigenvalue weighted by atomic mass is 16.5. The quantitative estimate of drug-likeness (QED) is 0.796. The number of ether oxygens (including phenoxy) is 1. The lowest BCUT2D eigenvalue weighted by atomic mass is 9.88. The highest BCUT2D eigenvalue weighted by molar-refractivity contribution is 5.91. The Balaban J connectivity index is 1.76. The molecular weight excluding hydrogens is 316 g/mol. The van der Waals surface area contributed by atoms with E-state index >= 15 is 0 Å². The van der Waals surface area contributed by atoms with Gasteiger partial charge in [-0.25, -0.2) is 0 Å². The molecule has 0 aromatic heterocycles. The molecule has 1 fully saturated rings. The number of nitrogens with one attached hydrogen (secondary N) is 2. The van der Waals surface area contributed by atoms with Crippen LogP contribution in [-0.4, -0.2) is 30.6 Å². The fourth-order valence-electron chi connectivity index (χ4n) is 3.17. The van der Waals surface area contributed by atoms with Crippen molar-refractivity contribution in [1.29, 1.82) is 0 Å². The lowest BCUT2D eigenvalue weighted by Crippen LogP contribution is -2.31. The molecule has 0 unspecified atom stereocenters. The Morgan fingerprint density at radius 3 is 2.44 bits per heavy atom. The van der Waals surface area contributed by atoms with E-state index in [0.717, 1.165) is 17.7 Å². The molecule has 2 atom stereocenters. The molecule has 0 heterocycles. The van der Waals surface area contributed by atoms with Crippen molar-refractivity contribution < 1.29 is 14.3 Å². The van der Waals surface area contributed by atoms with E-state index in [9.17, 15) is 9.59 Å². The van der Waals surface area contributed by atoms with Crippen LogP contribution >= 0.6 is 0 Å². The van der Waals surface area contributed by atoms with E-state index in [2.05, 4.69) is 17.6 Å². The SMILES string of the molecule is CC(C)NC(=O)Cc1ccc(NC(=O)CO[C@@H]2CCCC[C@H]2C)cc1. The second-order valence-electron chi connectivity index (χ2n) is 7.26. The van der Waals surface area contributed by atoms with E-state index < -0.39 is 0 Å². The zero-order valence-electron chi connectivity index (χ0n) is 15.5. The molecule has 2 N–H and O–H groups in total. The molecule has 0 aliphatic heterocycles. The van der Waals surface area contributed by atoms with E-state index in [4.69, 9.17) is 4.74 Å². The number of hydrogen-bond acceptors (Lipinski definition) is 3. The Morgan fingerprint density at radius 1 is 1.12 bits per heavy atom. The number of rotatable bonds is 7. The first-order chi connectivity index (χ1) is 11.9. The topological polar surface area (TPSA) is 67.4 Å². The smallest absolute Gasteiger partial charge is 0.250 e. The summed E-state index contributed by atoms with van der Waals surface area (Å²) in [6, 6.07) is 7.50. The number of anilines is 1. The number of benzene rings is 1. The maximum absolute atomic E-state index is 12.0. The van der Waals surface area contributed by atoms with Gasteiger partial charge in [0.1, 0.15) is 6.61 Å². The second kappa shape index (κ2) is 9.56. The van der Waals surface area contributed by atoms with E-state index in [-0.39, 0.29) is 30.6 Å². The molecule has 1 aromatic rings. The Bertz CT molecular complexity index is 569. The van der Waals surface area contributed by atoms with Gasteiger partial charge in [-0.2, -0.15) is 0 Å². The molecule has 5 nitrogen and oxygen atoms in total. The molecule has 138 valence electrons. The third-order valence-electron chi connectivity index (χ3n) is 4.51. The van der Waals surface area contributed by atoms with Gasteiger partial charge in [-0.1, -0.05) is 31.9 Å². The lowest BCUT2D eigenvalue weighted by molar-refractivity contribution is -0.124. The van der Waals surface area contributed by atoms with Crippen LogP contribution < -0.4 is 10.6 Å². The van der Waals surface area contributed by atoms with Crippen molar-refractivity contribution in [3.05, 3.63) is 29.8 Å². The minimum Gasteiger partial charge on any atom is -0.368 e. The summed E-state index contributed by atoms with van der Waals surface area (Å²) in [6.07, 6.45) is 5.20. The van der Waals surface area contributed by atoms with Gasteiger partial charge in [-0.15, -0.1) is 0 Å².